The molecule has 1 fully saturated rings. The number of amides is 2. The van der Waals surface area contributed by atoms with Crippen LogP contribution in [0.4, 0.5) is 0 Å². The molecule has 29 heavy (non-hydrogen) atoms. The Bertz CT molecular complexity index is 865. The third-order valence-electron chi connectivity index (χ3n) is 5.32. The first kappa shape index (κ1) is 21.2. The molecule has 3 unspecified atom stereocenters. The molecule has 0 saturated carbocycles. The zero-order chi connectivity index (χ0) is 21.1. The van der Waals surface area contributed by atoms with Crippen molar-refractivity contribution in [2.75, 3.05) is 5.75 Å². The van der Waals surface area contributed by atoms with E-state index in [9.17, 15) is 18.6 Å². The van der Waals surface area contributed by atoms with Crippen LogP contribution in [0.25, 0.3) is 0 Å². The zero-order valence-corrected chi connectivity index (χ0v) is 17.4. The van der Waals surface area contributed by atoms with E-state index < -0.39 is 22.7 Å². The number of primary amides is 1. The largest absolute Gasteiger partial charge is 0.456 e. The predicted octanol–water partition coefficient (Wildman–Crippen LogP) is 1.84. The Labute approximate surface area is 172 Å². The number of hydrogen-bond donors (Lipinski definition) is 1. The van der Waals surface area contributed by atoms with Gasteiger partial charge >= 0.3 is 5.97 Å². The highest BCUT2D eigenvalue weighted by Gasteiger charge is 2.56. The van der Waals surface area contributed by atoms with Crippen LogP contribution < -0.4 is 5.73 Å². The molecule has 3 rings (SSSR count). The van der Waals surface area contributed by atoms with Crippen LogP contribution in [0.5, 0.6) is 0 Å². The minimum atomic E-state index is -1.48. The van der Waals surface area contributed by atoms with Crippen molar-refractivity contribution in [3.63, 3.8) is 0 Å². The molecule has 0 bridgehead atoms. The minimum absolute atomic E-state index is 0.0745. The van der Waals surface area contributed by atoms with Gasteiger partial charge in [-0.2, -0.15) is 0 Å². The average Bonchev–Trinajstić information content (AvgIpc) is 3.01. The van der Waals surface area contributed by atoms with E-state index in [4.69, 9.17) is 10.5 Å². The molecule has 2 amide bonds. The zero-order valence-electron chi connectivity index (χ0n) is 16.6. The van der Waals surface area contributed by atoms with Crippen LogP contribution in [-0.4, -0.2) is 38.7 Å². The molecule has 2 aliphatic heterocycles. The molecular formula is C21H26N2O5S. The topological polar surface area (TPSA) is 107 Å². The third kappa shape index (κ3) is 4.42. The van der Waals surface area contributed by atoms with E-state index in [0.717, 1.165) is 5.56 Å². The van der Waals surface area contributed by atoms with Crippen LogP contribution in [0.3, 0.4) is 0 Å². The first-order valence-electron chi connectivity index (χ1n) is 9.75. The van der Waals surface area contributed by atoms with Gasteiger partial charge in [-0.1, -0.05) is 44.2 Å². The highest BCUT2D eigenvalue weighted by molar-refractivity contribution is 7.89. The van der Waals surface area contributed by atoms with Crippen LogP contribution in [-0.2, 0) is 36.5 Å². The average molecular weight is 419 g/mol. The maximum Gasteiger partial charge on any atom is 0.356 e. The van der Waals surface area contributed by atoms with Gasteiger partial charge in [0.05, 0.1) is 22.8 Å². The summed E-state index contributed by atoms with van der Waals surface area (Å²) in [5.74, 6) is -1.05. The number of carbonyl (C=O) groups is 3. The highest BCUT2D eigenvalue weighted by atomic mass is 32.2. The maximum absolute atomic E-state index is 12.9. The number of β-lactam (4-membered cyclic amide) rings is 1. The molecule has 0 spiro atoms. The van der Waals surface area contributed by atoms with Gasteiger partial charge in [0.2, 0.25) is 11.8 Å². The van der Waals surface area contributed by atoms with Crippen LogP contribution in [0, 0.1) is 11.8 Å². The lowest BCUT2D eigenvalue weighted by Crippen LogP contribution is -2.60. The summed E-state index contributed by atoms with van der Waals surface area (Å²) >= 11 is 0. The number of esters is 1. The second-order valence-electron chi connectivity index (χ2n) is 7.70. The number of fused-ring (bicyclic) bond motifs is 1. The summed E-state index contributed by atoms with van der Waals surface area (Å²) < 4.78 is 18.3. The van der Waals surface area contributed by atoms with Crippen molar-refractivity contribution in [2.24, 2.45) is 17.6 Å². The third-order valence-corrected chi connectivity index (χ3v) is 6.89. The van der Waals surface area contributed by atoms with Crippen molar-refractivity contribution < 1.29 is 23.3 Å². The van der Waals surface area contributed by atoms with Crippen molar-refractivity contribution in [2.45, 2.75) is 45.8 Å². The molecule has 8 heteroatoms. The number of rotatable bonds is 9. The molecule has 3 atom stereocenters. The summed E-state index contributed by atoms with van der Waals surface area (Å²) in [6, 6.07) is 9.08. The molecule has 1 saturated heterocycles. The van der Waals surface area contributed by atoms with E-state index in [1.54, 1.807) is 0 Å². The normalized spacial score (nSPS) is 21.8. The molecule has 0 aliphatic carbocycles. The monoisotopic (exact) mass is 418 g/mol. The molecular weight excluding hydrogens is 392 g/mol. The SMILES string of the molecule is CC(C)C1C(=O)N2C(C(=O)OCc3ccccc3)=C(S(=O)CCCC(N)=O)CC12. The molecule has 0 radical (unpaired) electrons. The van der Waals surface area contributed by atoms with E-state index >= 15 is 0 Å². The summed E-state index contributed by atoms with van der Waals surface area (Å²) in [4.78, 5) is 38.4. The van der Waals surface area contributed by atoms with E-state index in [1.807, 2.05) is 44.2 Å². The number of benzene rings is 1. The Morgan fingerprint density at radius 2 is 1.97 bits per heavy atom. The van der Waals surface area contributed by atoms with Gasteiger partial charge in [0.15, 0.2) is 0 Å². The molecule has 1 aromatic rings. The molecule has 7 nitrogen and oxygen atoms in total. The fourth-order valence-electron chi connectivity index (χ4n) is 3.92. The lowest BCUT2D eigenvalue weighted by atomic mass is 9.79. The first-order valence-corrected chi connectivity index (χ1v) is 11.1. The van der Waals surface area contributed by atoms with Crippen LogP contribution in [0.2, 0.25) is 0 Å². The number of nitrogens with zero attached hydrogens (tertiary/aromatic N) is 1. The Balaban J connectivity index is 1.78. The Morgan fingerprint density at radius 1 is 1.28 bits per heavy atom. The quantitative estimate of drug-likeness (QED) is 0.486. The van der Waals surface area contributed by atoms with Crippen molar-refractivity contribution in [1.29, 1.82) is 0 Å². The Hall–Kier alpha value is -2.48. The number of ether oxygens (including phenoxy) is 1. The summed E-state index contributed by atoms with van der Waals surface area (Å²) in [5, 5.41) is 0. The van der Waals surface area contributed by atoms with Crippen molar-refractivity contribution in [3.8, 4) is 0 Å². The minimum Gasteiger partial charge on any atom is -0.456 e. The molecule has 2 aliphatic rings. The summed E-state index contributed by atoms with van der Waals surface area (Å²) in [7, 11) is -1.48. The second kappa shape index (κ2) is 8.90. The lowest BCUT2D eigenvalue weighted by Gasteiger charge is -2.45. The first-order chi connectivity index (χ1) is 13.8. The van der Waals surface area contributed by atoms with E-state index in [0.29, 0.717) is 17.7 Å². The fourth-order valence-corrected chi connectivity index (χ4v) is 5.32. The molecule has 156 valence electrons. The van der Waals surface area contributed by atoms with Gasteiger partial charge < -0.3 is 15.4 Å². The molecule has 2 heterocycles. The van der Waals surface area contributed by atoms with Gasteiger partial charge in [-0.25, -0.2) is 4.79 Å². The fraction of sp³-hybridized carbons (Fsp3) is 0.476. The standard InChI is InChI=1S/C21H26N2O5S/c1-13(2)18-15-11-16(29(27)10-6-9-17(22)24)19(23(15)20(18)25)21(26)28-12-14-7-4-3-5-8-14/h3-5,7-8,13,15,18H,6,9-12H2,1-2H3,(H2,22,24). The van der Waals surface area contributed by atoms with E-state index in [1.165, 1.54) is 4.90 Å². The summed E-state index contributed by atoms with van der Waals surface area (Å²) in [5.41, 5.74) is 6.09. The van der Waals surface area contributed by atoms with E-state index in [2.05, 4.69) is 0 Å². The van der Waals surface area contributed by atoms with Crippen molar-refractivity contribution >= 4 is 28.6 Å². The maximum atomic E-state index is 12.9. The Morgan fingerprint density at radius 3 is 2.59 bits per heavy atom. The van der Waals surface area contributed by atoms with Crippen LogP contribution in [0.1, 0.15) is 38.7 Å². The smallest absolute Gasteiger partial charge is 0.356 e. The highest BCUT2D eigenvalue weighted by Crippen LogP contribution is 2.46. The van der Waals surface area contributed by atoms with Crippen molar-refractivity contribution in [1.82, 2.24) is 4.90 Å². The van der Waals surface area contributed by atoms with Gasteiger partial charge in [-0.3, -0.25) is 13.8 Å². The van der Waals surface area contributed by atoms with Gasteiger partial charge in [0.25, 0.3) is 0 Å². The Kier molecular flexibility index (Phi) is 6.52. The van der Waals surface area contributed by atoms with Crippen LogP contribution in [0.15, 0.2) is 40.9 Å². The molecule has 1 aromatic carbocycles. The van der Waals surface area contributed by atoms with Crippen LogP contribution >= 0.6 is 0 Å². The molecule has 0 aromatic heterocycles. The number of hydrogen-bond acceptors (Lipinski definition) is 5. The van der Waals surface area contributed by atoms with Gasteiger partial charge in [-0.15, -0.1) is 0 Å². The van der Waals surface area contributed by atoms with E-state index in [-0.39, 0.29) is 48.3 Å². The second-order valence-corrected chi connectivity index (χ2v) is 9.29. The number of carbonyl (C=O) groups excluding carboxylic acids is 3. The summed E-state index contributed by atoms with van der Waals surface area (Å²) in [6.45, 7) is 4.01. The predicted molar refractivity (Wildman–Crippen MR) is 108 cm³/mol. The number of nitrogens with two attached hydrogens (primary N) is 1. The van der Waals surface area contributed by atoms with Gasteiger partial charge in [0.1, 0.15) is 12.3 Å². The molecule has 2 N–H and O–H groups in total. The van der Waals surface area contributed by atoms with Gasteiger partial charge in [0, 0.05) is 23.5 Å². The van der Waals surface area contributed by atoms with Crippen molar-refractivity contribution in [3.05, 3.63) is 46.5 Å². The van der Waals surface area contributed by atoms with Gasteiger partial charge in [-0.05, 0) is 17.9 Å². The lowest BCUT2D eigenvalue weighted by molar-refractivity contribution is -0.159. The summed E-state index contributed by atoms with van der Waals surface area (Å²) in [6.07, 6.45) is 0.894.